The van der Waals surface area contributed by atoms with E-state index in [1.807, 2.05) is 42.6 Å². The van der Waals surface area contributed by atoms with E-state index >= 15 is 0 Å². The first-order valence-corrected chi connectivity index (χ1v) is 11.4. The second-order valence-corrected chi connectivity index (χ2v) is 8.79. The normalized spacial score (nSPS) is 14.1. The van der Waals surface area contributed by atoms with Crippen LogP contribution in [0.4, 0.5) is 5.95 Å². The van der Waals surface area contributed by atoms with Gasteiger partial charge in [-0.3, -0.25) is 9.78 Å². The Balaban J connectivity index is 1.48. The van der Waals surface area contributed by atoms with Gasteiger partial charge in [-0.1, -0.05) is 72.3 Å². The van der Waals surface area contributed by atoms with Crippen LogP contribution in [0.1, 0.15) is 34.0 Å². The lowest BCUT2D eigenvalue weighted by Gasteiger charge is -2.14. The minimum atomic E-state index is -0.162. The Hall–Kier alpha value is -4.09. The number of nitrogen functional groups attached to an aromatic ring is 1. The predicted octanol–water partition coefficient (Wildman–Crippen LogP) is 6.31. The van der Waals surface area contributed by atoms with E-state index in [1.165, 1.54) is 6.20 Å². The standard InChI is InChI=1S/C28H19ClN4O/c29-23-15-32-28(30)33-27(23)25(34)13-22-19-7-2-3-8-20(19)26-18(9-5-10-21(22)26)17-12-16-6-1-4-11-24(16)31-14-17/h1-12,14-15,22H,13H2,(H2,30,32,33). The van der Waals surface area contributed by atoms with Gasteiger partial charge in [-0.15, -0.1) is 0 Å². The summed E-state index contributed by atoms with van der Waals surface area (Å²) in [6, 6.07) is 24.8. The number of hydrogen-bond acceptors (Lipinski definition) is 5. The molecule has 6 heteroatoms. The fraction of sp³-hybridized carbons (Fsp3) is 0.0714. The first-order chi connectivity index (χ1) is 16.6. The molecule has 0 radical (unpaired) electrons. The number of hydrogen-bond donors (Lipinski definition) is 1. The highest BCUT2D eigenvalue weighted by atomic mass is 35.5. The number of carbonyl (C=O) groups excluding carboxylic acids is 1. The molecule has 2 heterocycles. The first-order valence-electron chi connectivity index (χ1n) is 11.0. The molecule has 1 atom stereocenters. The van der Waals surface area contributed by atoms with Crippen molar-refractivity contribution in [1.29, 1.82) is 0 Å². The predicted molar refractivity (Wildman–Crippen MR) is 135 cm³/mol. The van der Waals surface area contributed by atoms with Crippen LogP contribution in [0.2, 0.25) is 5.02 Å². The minimum absolute atomic E-state index is 0.0334. The highest BCUT2D eigenvalue weighted by Gasteiger charge is 2.33. The molecule has 0 aliphatic heterocycles. The molecule has 0 saturated carbocycles. The van der Waals surface area contributed by atoms with E-state index in [0.29, 0.717) is 0 Å². The van der Waals surface area contributed by atoms with Gasteiger partial charge in [0.15, 0.2) is 5.78 Å². The summed E-state index contributed by atoms with van der Waals surface area (Å²) in [5.74, 6) is -0.241. The lowest BCUT2D eigenvalue weighted by Crippen LogP contribution is -2.11. The summed E-state index contributed by atoms with van der Waals surface area (Å²) in [4.78, 5) is 25.9. The molecular weight excluding hydrogens is 444 g/mol. The smallest absolute Gasteiger partial charge is 0.220 e. The first kappa shape index (κ1) is 20.5. The number of ketones is 1. The Bertz CT molecular complexity index is 1600. The van der Waals surface area contributed by atoms with E-state index in [4.69, 9.17) is 17.3 Å². The summed E-state index contributed by atoms with van der Waals surface area (Å²) >= 11 is 6.22. The number of halogens is 1. The van der Waals surface area contributed by atoms with Gasteiger partial charge in [0, 0.05) is 29.5 Å². The minimum Gasteiger partial charge on any atom is -0.368 e. The van der Waals surface area contributed by atoms with Crippen LogP contribution in [0, 0.1) is 0 Å². The molecule has 1 aliphatic carbocycles. The van der Waals surface area contributed by atoms with Crippen molar-refractivity contribution in [2.45, 2.75) is 12.3 Å². The molecule has 1 aliphatic rings. The van der Waals surface area contributed by atoms with E-state index < -0.39 is 0 Å². The summed E-state index contributed by atoms with van der Waals surface area (Å²) in [5, 5.41) is 1.30. The van der Waals surface area contributed by atoms with Crippen molar-refractivity contribution in [3.63, 3.8) is 0 Å². The van der Waals surface area contributed by atoms with Gasteiger partial charge in [-0.05, 0) is 39.9 Å². The maximum absolute atomic E-state index is 13.3. The number of nitrogens with two attached hydrogens (primary N) is 1. The highest BCUT2D eigenvalue weighted by molar-refractivity contribution is 6.33. The molecule has 1 unspecified atom stereocenters. The Labute approximate surface area is 201 Å². The van der Waals surface area contributed by atoms with Crippen molar-refractivity contribution in [3.05, 3.63) is 107 Å². The number of fused-ring (bicyclic) bond motifs is 4. The maximum Gasteiger partial charge on any atom is 0.220 e. The highest BCUT2D eigenvalue weighted by Crippen LogP contribution is 2.50. The zero-order valence-corrected chi connectivity index (χ0v) is 18.8. The Kier molecular flexibility index (Phi) is 4.85. The quantitative estimate of drug-likeness (QED) is 0.316. The van der Waals surface area contributed by atoms with E-state index in [0.717, 1.165) is 44.3 Å². The van der Waals surface area contributed by atoms with Crippen LogP contribution in [-0.4, -0.2) is 20.7 Å². The molecule has 0 spiro atoms. The van der Waals surface area contributed by atoms with Gasteiger partial charge in [0.1, 0.15) is 5.69 Å². The number of carbonyl (C=O) groups is 1. The number of rotatable bonds is 4. The van der Waals surface area contributed by atoms with E-state index in [2.05, 4.69) is 51.4 Å². The molecule has 0 bridgehead atoms. The molecule has 3 aromatic carbocycles. The zero-order valence-electron chi connectivity index (χ0n) is 18.1. The van der Waals surface area contributed by atoms with Gasteiger partial charge >= 0.3 is 0 Å². The molecule has 164 valence electrons. The van der Waals surface area contributed by atoms with E-state index in [9.17, 15) is 4.79 Å². The molecule has 2 aromatic heterocycles. The van der Waals surface area contributed by atoms with Gasteiger partial charge in [0.25, 0.3) is 0 Å². The summed E-state index contributed by atoms with van der Waals surface area (Å²) in [7, 11) is 0. The lowest BCUT2D eigenvalue weighted by atomic mass is 9.89. The molecule has 34 heavy (non-hydrogen) atoms. The third-order valence-electron chi connectivity index (χ3n) is 6.40. The lowest BCUT2D eigenvalue weighted by molar-refractivity contribution is 0.0973. The Morgan fingerprint density at radius 1 is 0.882 bits per heavy atom. The van der Waals surface area contributed by atoms with Crippen molar-refractivity contribution in [2.24, 2.45) is 0 Å². The fourth-order valence-electron chi connectivity index (χ4n) is 4.89. The second kappa shape index (κ2) is 8.04. The van der Waals surface area contributed by atoms with Gasteiger partial charge in [0.2, 0.25) is 5.95 Å². The average molecular weight is 463 g/mol. The third-order valence-corrected chi connectivity index (χ3v) is 6.67. The monoisotopic (exact) mass is 462 g/mol. The maximum atomic E-state index is 13.3. The van der Waals surface area contributed by atoms with Crippen LogP contribution in [0.3, 0.4) is 0 Å². The number of aromatic nitrogens is 3. The van der Waals surface area contributed by atoms with Crippen molar-refractivity contribution < 1.29 is 4.79 Å². The second-order valence-electron chi connectivity index (χ2n) is 8.38. The number of nitrogens with zero attached hydrogens (tertiary/aromatic N) is 3. The SMILES string of the molecule is Nc1ncc(Cl)c(C(=O)CC2c3ccccc3-c3c(-c4cnc5ccccc5c4)cccc32)n1. The summed E-state index contributed by atoms with van der Waals surface area (Å²) < 4.78 is 0. The molecule has 0 saturated heterocycles. The van der Waals surface area contributed by atoms with Crippen LogP contribution in [0.15, 0.2) is 85.2 Å². The van der Waals surface area contributed by atoms with Crippen molar-refractivity contribution in [1.82, 2.24) is 15.0 Å². The van der Waals surface area contributed by atoms with E-state index in [-0.39, 0.29) is 34.8 Å². The topological polar surface area (TPSA) is 81.8 Å². The van der Waals surface area contributed by atoms with Gasteiger partial charge in [-0.25, -0.2) is 9.97 Å². The molecule has 0 amide bonds. The molecular formula is C28H19ClN4O. The van der Waals surface area contributed by atoms with Crippen molar-refractivity contribution in [2.75, 3.05) is 5.73 Å². The van der Waals surface area contributed by atoms with Gasteiger partial charge in [-0.2, -0.15) is 0 Å². The number of anilines is 1. The summed E-state index contributed by atoms with van der Waals surface area (Å²) in [5.41, 5.74) is 13.5. The third kappa shape index (κ3) is 3.33. The number of Topliss-reactive ketones (excluding diaryl/α,β-unsaturated/α-hetero) is 1. The van der Waals surface area contributed by atoms with Crippen LogP contribution >= 0.6 is 11.6 Å². The average Bonchev–Trinajstić information content (AvgIpc) is 3.19. The molecule has 2 N–H and O–H groups in total. The van der Waals surface area contributed by atoms with Gasteiger partial charge in [0.05, 0.1) is 16.7 Å². The molecule has 0 fully saturated rings. The van der Waals surface area contributed by atoms with E-state index in [1.54, 1.807) is 0 Å². The van der Waals surface area contributed by atoms with Crippen LogP contribution in [0.5, 0.6) is 0 Å². The Morgan fingerprint density at radius 3 is 2.56 bits per heavy atom. The molecule has 5 aromatic rings. The van der Waals surface area contributed by atoms with Crippen molar-refractivity contribution in [3.8, 4) is 22.3 Å². The van der Waals surface area contributed by atoms with Crippen LogP contribution in [0.25, 0.3) is 33.2 Å². The van der Waals surface area contributed by atoms with Crippen LogP contribution < -0.4 is 5.73 Å². The fourth-order valence-corrected chi connectivity index (χ4v) is 5.09. The Morgan fingerprint density at radius 2 is 1.65 bits per heavy atom. The number of pyridine rings is 1. The number of para-hydroxylation sites is 1. The summed E-state index contributed by atoms with van der Waals surface area (Å²) in [6.45, 7) is 0. The molecule has 6 rings (SSSR count). The van der Waals surface area contributed by atoms with Gasteiger partial charge < -0.3 is 5.73 Å². The summed E-state index contributed by atoms with van der Waals surface area (Å²) in [6.07, 6.45) is 3.53. The largest absolute Gasteiger partial charge is 0.368 e. The van der Waals surface area contributed by atoms with Crippen LogP contribution in [-0.2, 0) is 0 Å². The zero-order chi connectivity index (χ0) is 23.2. The van der Waals surface area contributed by atoms with Crippen molar-refractivity contribution >= 4 is 34.2 Å². The number of benzene rings is 3. The molecule has 5 nitrogen and oxygen atoms in total.